The van der Waals surface area contributed by atoms with Crippen LogP contribution in [0.2, 0.25) is 0 Å². The molecule has 0 saturated heterocycles. The van der Waals surface area contributed by atoms with Crippen molar-refractivity contribution in [3.8, 4) is 28.6 Å². The lowest BCUT2D eigenvalue weighted by Crippen LogP contribution is -2.10. The molecule has 0 aliphatic rings. The van der Waals surface area contributed by atoms with Gasteiger partial charge in [-0.05, 0) is 120 Å². The summed E-state index contributed by atoms with van der Waals surface area (Å²) in [7, 11) is 0. The first kappa shape index (κ1) is 30.2. The molecule has 0 fully saturated rings. The highest BCUT2D eigenvalue weighted by atomic mass is 16.4. The van der Waals surface area contributed by atoms with E-state index in [9.17, 15) is 0 Å². The molecule has 0 N–H and O–H groups in total. The second kappa shape index (κ2) is 12.1. The number of benzene rings is 8. The molecule has 0 spiro atoms. The van der Waals surface area contributed by atoms with Crippen molar-refractivity contribution in [2.75, 3.05) is 4.90 Å². The van der Waals surface area contributed by atoms with Gasteiger partial charge >= 0.3 is 0 Å². The van der Waals surface area contributed by atoms with E-state index in [0.29, 0.717) is 11.8 Å². The number of fused-ring (bicyclic) bond motifs is 7. The largest absolute Gasteiger partial charge is 0.436 e. The third-order valence-electron chi connectivity index (χ3n) is 10.3. The lowest BCUT2D eigenvalue weighted by Gasteiger charge is -2.26. The van der Waals surface area contributed by atoms with Gasteiger partial charge in [-0.3, -0.25) is 0 Å². The molecule has 3 heterocycles. The van der Waals surface area contributed by atoms with Crippen LogP contribution in [0.5, 0.6) is 0 Å². The van der Waals surface area contributed by atoms with E-state index in [2.05, 4.69) is 143 Å². The molecule has 254 valence electrons. The molecule has 11 rings (SSSR count). The highest BCUT2D eigenvalue weighted by Crippen LogP contribution is 2.40. The van der Waals surface area contributed by atoms with Crippen LogP contribution < -0.4 is 4.90 Å². The number of hydrogen-bond donors (Lipinski definition) is 0. The van der Waals surface area contributed by atoms with Crippen molar-refractivity contribution < 1.29 is 8.83 Å². The summed E-state index contributed by atoms with van der Waals surface area (Å²) in [5.74, 6) is 1.19. The second-order valence-corrected chi connectivity index (χ2v) is 13.5. The summed E-state index contributed by atoms with van der Waals surface area (Å²) in [6.45, 7) is 0. The lowest BCUT2D eigenvalue weighted by atomic mass is 10.0. The predicted molar refractivity (Wildman–Crippen MR) is 219 cm³/mol. The van der Waals surface area contributed by atoms with Crippen molar-refractivity contribution in [1.82, 2.24) is 14.5 Å². The van der Waals surface area contributed by atoms with Gasteiger partial charge in [0.25, 0.3) is 0 Å². The molecular formula is C48H30N4O2. The Labute approximate surface area is 309 Å². The van der Waals surface area contributed by atoms with Crippen molar-refractivity contribution in [3.05, 3.63) is 182 Å². The molecule has 54 heavy (non-hydrogen) atoms. The van der Waals surface area contributed by atoms with E-state index >= 15 is 0 Å². The van der Waals surface area contributed by atoms with Crippen molar-refractivity contribution in [1.29, 1.82) is 0 Å². The van der Waals surface area contributed by atoms with Crippen LogP contribution in [0.25, 0.3) is 83.4 Å². The number of nitrogens with zero attached hydrogens (tertiary/aromatic N) is 4. The first-order valence-corrected chi connectivity index (χ1v) is 18.0. The number of para-hydroxylation sites is 5. The van der Waals surface area contributed by atoms with Gasteiger partial charge in [-0.15, -0.1) is 0 Å². The Kier molecular flexibility index (Phi) is 6.75. The molecule has 3 aromatic heterocycles. The smallest absolute Gasteiger partial charge is 0.227 e. The molecule has 0 bridgehead atoms. The van der Waals surface area contributed by atoms with Gasteiger partial charge in [-0.2, -0.15) is 0 Å². The molecule has 0 aliphatic heterocycles. The summed E-state index contributed by atoms with van der Waals surface area (Å²) in [5, 5.41) is 5.01. The summed E-state index contributed by atoms with van der Waals surface area (Å²) in [5.41, 5.74) is 11.5. The molecule has 0 atom stereocenters. The third kappa shape index (κ3) is 4.89. The SMILES string of the molecule is c1ccc2c(c1)ccc1c2c2ccccc2n1-c1ccc(N(c2ccc(-c3nc4ccccc4o3)cc2)c2ccc(-c3nc4ccccc4o3)cc2)cc1. The predicted octanol–water partition coefficient (Wildman–Crippen LogP) is 13.0. The Morgan fingerprint density at radius 3 is 1.50 bits per heavy atom. The molecule has 0 unspecified atom stereocenters. The molecule has 8 aromatic carbocycles. The Balaban J connectivity index is 1.01. The monoisotopic (exact) mass is 694 g/mol. The van der Waals surface area contributed by atoms with Crippen molar-refractivity contribution in [3.63, 3.8) is 0 Å². The normalized spacial score (nSPS) is 11.7. The van der Waals surface area contributed by atoms with Crippen molar-refractivity contribution in [2.24, 2.45) is 0 Å². The fourth-order valence-corrected chi connectivity index (χ4v) is 7.71. The Bertz CT molecular complexity index is 2970. The van der Waals surface area contributed by atoms with E-state index in [1.165, 1.54) is 32.6 Å². The number of aromatic nitrogens is 3. The maximum atomic E-state index is 6.09. The molecular weight excluding hydrogens is 665 g/mol. The quantitative estimate of drug-likeness (QED) is 0.173. The van der Waals surface area contributed by atoms with Crippen molar-refractivity contribution >= 4 is 71.8 Å². The molecule has 0 radical (unpaired) electrons. The van der Waals surface area contributed by atoms with E-state index < -0.39 is 0 Å². The number of hydrogen-bond acceptors (Lipinski definition) is 5. The average molecular weight is 695 g/mol. The Morgan fingerprint density at radius 1 is 0.407 bits per heavy atom. The van der Waals surface area contributed by atoms with Gasteiger partial charge in [-0.25, -0.2) is 9.97 Å². The molecule has 6 heteroatoms. The zero-order valence-corrected chi connectivity index (χ0v) is 28.9. The van der Waals surface area contributed by atoms with Crippen LogP contribution in [0.1, 0.15) is 0 Å². The minimum Gasteiger partial charge on any atom is -0.436 e. The van der Waals surface area contributed by atoms with Gasteiger partial charge in [-0.1, -0.05) is 72.8 Å². The molecule has 6 nitrogen and oxygen atoms in total. The fraction of sp³-hybridized carbons (Fsp3) is 0. The standard InChI is InChI=1S/C48H30N4O2/c1-2-10-38-31(9-1)21-30-43-46(38)39-11-3-6-14-42(39)52(43)37-28-26-36(27-29-37)51(34-22-17-32(18-23-34)47-49-40-12-4-7-15-44(40)53-47)35-24-19-33(20-25-35)48-50-41-13-5-8-16-45(41)54-48/h1-30H. The summed E-state index contributed by atoms with van der Waals surface area (Å²) < 4.78 is 14.6. The van der Waals surface area contributed by atoms with E-state index in [0.717, 1.165) is 56.1 Å². The molecule has 0 saturated carbocycles. The number of anilines is 3. The fourth-order valence-electron chi connectivity index (χ4n) is 7.71. The Hall–Kier alpha value is -7.44. The first-order chi connectivity index (χ1) is 26.7. The summed E-state index contributed by atoms with van der Waals surface area (Å²) in [6, 6.07) is 63.0. The minimum atomic E-state index is 0.597. The van der Waals surface area contributed by atoms with E-state index in [1.54, 1.807) is 0 Å². The van der Waals surface area contributed by atoms with Gasteiger partial charge in [0.05, 0.1) is 11.0 Å². The third-order valence-corrected chi connectivity index (χ3v) is 10.3. The number of rotatable bonds is 6. The van der Waals surface area contributed by atoms with E-state index in [-0.39, 0.29) is 0 Å². The second-order valence-electron chi connectivity index (χ2n) is 13.5. The van der Waals surface area contributed by atoms with Crippen LogP contribution in [0, 0.1) is 0 Å². The zero-order valence-electron chi connectivity index (χ0n) is 28.9. The summed E-state index contributed by atoms with van der Waals surface area (Å²) >= 11 is 0. The van der Waals surface area contributed by atoms with E-state index in [4.69, 9.17) is 18.8 Å². The highest BCUT2D eigenvalue weighted by molar-refractivity contribution is 6.21. The van der Waals surface area contributed by atoms with Crippen LogP contribution in [0.15, 0.2) is 191 Å². The topological polar surface area (TPSA) is 60.2 Å². The minimum absolute atomic E-state index is 0.597. The maximum Gasteiger partial charge on any atom is 0.227 e. The zero-order chi connectivity index (χ0) is 35.6. The first-order valence-electron chi connectivity index (χ1n) is 18.0. The van der Waals surface area contributed by atoms with Crippen LogP contribution >= 0.6 is 0 Å². The van der Waals surface area contributed by atoms with Gasteiger partial charge < -0.3 is 18.3 Å². The van der Waals surface area contributed by atoms with Crippen LogP contribution in [0.4, 0.5) is 17.1 Å². The maximum absolute atomic E-state index is 6.09. The molecule has 11 aromatic rings. The van der Waals surface area contributed by atoms with Crippen molar-refractivity contribution in [2.45, 2.75) is 0 Å². The van der Waals surface area contributed by atoms with Gasteiger partial charge in [0.2, 0.25) is 11.8 Å². The lowest BCUT2D eigenvalue weighted by molar-refractivity contribution is 0.619. The van der Waals surface area contributed by atoms with Gasteiger partial charge in [0, 0.05) is 44.6 Å². The van der Waals surface area contributed by atoms with E-state index in [1.807, 2.05) is 48.5 Å². The highest BCUT2D eigenvalue weighted by Gasteiger charge is 2.18. The summed E-state index contributed by atoms with van der Waals surface area (Å²) in [4.78, 5) is 11.7. The molecule has 0 aliphatic carbocycles. The van der Waals surface area contributed by atoms with Gasteiger partial charge in [0.1, 0.15) is 11.0 Å². The number of oxazole rings is 2. The Morgan fingerprint density at radius 2 is 0.907 bits per heavy atom. The molecule has 0 amide bonds. The average Bonchev–Trinajstić information content (AvgIpc) is 3.96. The summed E-state index contributed by atoms with van der Waals surface area (Å²) in [6.07, 6.45) is 0. The van der Waals surface area contributed by atoms with Crippen LogP contribution in [-0.2, 0) is 0 Å². The van der Waals surface area contributed by atoms with Crippen LogP contribution in [0.3, 0.4) is 0 Å². The van der Waals surface area contributed by atoms with Gasteiger partial charge in [0.15, 0.2) is 11.2 Å². The van der Waals surface area contributed by atoms with Crippen LogP contribution in [-0.4, -0.2) is 14.5 Å².